The molecule has 1 aromatic heterocycles. The standard InChI is InChI=1S/C11H18N2O3S2/c1-3-16-10(14)7-9-8-17-11(13-9)12-5-4-6-18(2)15/h8H,3-7H2,1-2H3,(H,12,13). The van der Waals surface area contributed by atoms with E-state index in [9.17, 15) is 9.00 Å². The maximum Gasteiger partial charge on any atom is 0.311 e. The molecule has 0 amide bonds. The molecule has 0 aromatic carbocycles. The minimum Gasteiger partial charge on any atom is -0.466 e. The van der Waals surface area contributed by atoms with E-state index < -0.39 is 10.8 Å². The van der Waals surface area contributed by atoms with E-state index in [2.05, 4.69) is 10.3 Å². The molecule has 0 aliphatic rings. The molecule has 0 radical (unpaired) electrons. The molecule has 0 saturated carbocycles. The molecule has 7 heteroatoms. The summed E-state index contributed by atoms with van der Waals surface area (Å²) in [6.45, 7) is 2.91. The molecule has 0 saturated heterocycles. The van der Waals surface area contributed by atoms with Gasteiger partial charge in [-0.2, -0.15) is 0 Å². The summed E-state index contributed by atoms with van der Waals surface area (Å²) in [5, 5.41) is 5.78. The summed E-state index contributed by atoms with van der Waals surface area (Å²) in [5.74, 6) is 0.435. The lowest BCUT2D eigenvalue weighted by Gasteiger charge is -2.01. The lowest BCUT2D eigenvalue weighted by molar-refractivity contribution is -0.142. The van der Waals surface area contributed by atoms with E-state index in [0.29, 0.717) is 12.4 Å². The zero-order valence-electron chi connectivity index (χ0n) is 10.6. The highest BCUT2D eigenvalue weighted by Crippen LogP contribution is 2.15. The molecule has 1 aromatic rings. The highest BCUT2D eigenvalue weighted by Gasteiger charge is 2.07. The third-order valence-corrected chi connectivity index (χ3v) is 3.78. The van der Waals surface area contributed by atoms with Crippen LogP contribution < -0.4 is 5.32 Å². The van der Waals surface area contributed by atoms with Gasteiger partial charge in [-0.05, 0) is 13.3 Å². The zero-order valence-corrected chi connectivity index (χ0v) is 12.2. The van der Waals surface area contributed by atoms with Gasteiger partial charge in [-0.1, -0.05) is 0 Å². The highest BCUT2D eigenvalue weighted by molar-refractivity contribution is 7.84. The van der Waals surface area contributed by atoms with E-state index >= 15 is 0 Å². The third-order valence-electron chi connectivity index (χ3n) is 2.07. The first-order valence-electron chi connectivity index (χ1n) is 5.75. The van der Waals surface area contributed by atoms with Gasteiger partial charge in [0.25, 0.3) is 0 Å². The van der Waals surface area contributed by atoms with Crippen molar-refractivity contribution >= 4 is 33.2 Å². The van der Waals surface area contributed by atoms with Crippen molar-refractivity contribution in [2.75, 3.05) is 30.5 Å². The molecule has 0 bridgehead atoms. The molecule has 5 nitrogen and oxygen atoms in total. The number of carbonyl (C=O) groups excluding carboxylic acids is 1. The van der Waals surface area contributed by atoms with Gasteiger partial charge in [0.1, 0.15) is 0 Å². The number of hydrogen-bond donors (Lipinski definition) is 1. The molecule has 18 heavy (non-hydrogen) atoms. The van der Waals surface area contributed by atoms with Crippen LogP contribution in [0.25, 0.3) is 0 Å². The molecule has 1 heterocycles. The Labute approximate surface area is 113 Å². The van der Waals surface area contributed by atoms with Crippen molar-refractivity contribution in [1.29, 1.82) is 0 Å². The van der Waals surface area contributed by atoms with Crippen molar-refractivity contribution in [3.63, 3.8) is 0 Å². The SMILES string of the molecule is CCOC(=O)Cc1csc(NCCCS(C)=O)n1. The minimum atomic E-state index is -0.747. The first-order chi connectivity index (χ1) is 8.61. The smallest absolute Gasteiger partial charge is 0.311 e. The van der Waals surface area contributed by atoms with Gasteiger partial charge in [0, 0.05) is 34.7 Å². The molecule has 1 N–H and O–H groups in total. The Hall–Kier alpha value is -0.950. The molecule has 0 aliphatic heterocycles. The van der Waals surface area contributed by atoms with E-state index in [-0.39, 0.29) is 12.4 Å². The summed E-state index contributed by atoms with van der Waals surface area (Å²) in [6, 6.07) is 0. The number of carbonyl (C=O) groups is 1. The fourth-order valence-corrected chi connectivity index (χ4v) is 2.59. The Morgan fingerprint density at radius 2 is 2.39 bits per heavy atom. The van der Waals surface area contributed by atoms with Crippen LogP contribution in [0.5, 0.6) is 0 Å². The van der Waals surface area contributed by atoms with Gasteiger partial charge in [0.15, 0.2) is 5.13 Å². The number of esters is 1. The summed E-state index contributed by atoms with van der Waals surface area (Å²) >= 11 is 1.46. The van der Waals surface area contributed by atoms with Crippen molar-refractivity contribution in [2.24, 2.45) is 0 Å². The molecule has 102 valence electrons. The number of nitrogens with one attached hydrogen (secondary N) is 1. The summed E-state index contributed by atoms with van der Waals surface area (Å²) in [5.41, 5.74) is 0.722. The number of aromatic nitrogens is 1. The molecule has 1 rings (SSSR count). The predicted octanol–water partition coefficient (Wildman–Crippen LogP) is 1.43. The maximum absolute atomic E-state index is 11.2. The maximum atomic E-state index is 11.2. The van der Waals surface area contributed by atoms with E-state index in [1.165, 1.54) is 11.3 Å². The van der Waals surface area contributed by atoms with Crippen LogP contribution in [0.2, 0.25) is 0 Å². The Balaban J connectivity index is 2.29. The number of anilines is 1. The average Bonchev–Trinajstić information content (AvgIpc) is 2.72. The second-order valence-electron chi connectivity index (χ2n) is 3.68. The molecule has 0 spiro atoms. The van der Waals surface area contributed by atoms with Crippen LogP contribution in [0.4, 0.5) is 5.13 Å². The predicted molar refractivity (Wildman–Crippen MR) is 74.5 cm³/mol. The zero-order chi connectivity index (χ0) is 13.4. The van der Waals surface area contributed by atoms with E-state index in [1.807, 2.05) is 5.38 Å². The van der Waals surface area contributed by atoms with Crippen molar-refractivity contribution in [3.8, 4) is 0 Å². The van der Waals surface area contributed by atoms with Gasteiger partial charge in [-0.3, -0.25) is 9.00 Å². The normalized spacial score (nSPS) is 12.1. The second-order valence-corrected chi connectivity index (χ2v) is 6.10. The number of rotatable bonds is 8. The van der Waals surface area contributed by atoms with Crippen molar-refractivity contribution in [3.05, 3.63) is 11.1 Å². The molecule has 1 atom stereocenters. The Kier molecular flexibility index (Phi) is 6.89. The van der Waals surface area contributed by atoms with Gasteiger partial charge in [-0.25, -0.2) is 4.98 Å². The van der Waals surface area contributed by atoms with Gasteiger partial charge >= 0.3 is 5.97 Å². The van der Waals surface area contributed by atoms with Crippen LogP contribution >= 0.6 is 11.3 Å². The molecule has 1 unspecified atom stereocenters. The van der Waals surface area contributed by atoms with Gasteiger partial charge in [0.2, 0.25) is 0 Å². The lowest BCUT2D eigenvalue weighted by Crippen LogP contribution is -2.08. The van der Waals surface area contributed by atoms with E-state index in [0.717, 1.165) is 23.8 Å². The van der Waals surface area contributed by atoms with Crippen LogP contribution in [0.15, 0.2) is 5.38 Å². The summed E-state index contributed by atoms with van der Waals surface area (Å²) < 4.78 is 15.7. The summed E-state index contributed by atoms with van der Waals surface area (Å²) in [7, 11) is -0.747. The topological polar surface area (TPSA) is 68.3 Å². The minimum absolute atomic E-state index is 0.213. The van der Waals surface area contributed by atoms with Crippen LogP contribution in [-0.2, 0) is 26.8 Å². The Morgan fingerprint density at radius 1 is 1.61 bits per heavy atom. The third kappa shape index (κ3) is 6.11. The summed E-state index contributed by atoms with van der Waals surface area (Å²) in [4.78, 5) is 15.5. The fourth-order valence-electron chi connectivity index (χ4n) is 1.30. The van der Waals surface area contributed by atoms with E-state index in [4.69, 9.17) is 4.74 Å². The molecular formula is C11H18N2O3S2. The first-order valence-corrected chi connectivity index (χ1v) is 8.36. The van der Waals surface area contributed by atoms with Gasteiger partial charge in [0.05, 0.1) is 18.7 Å². The second kappa shape index (κ2) is 8.20. The molecule has 0 fully saturated rings. The quantitative estimate of drug-likeness (QED) is 0.579. The largest absolute Gasteiger partial charge is 0.466 e. The Morgan fingerprint density at radius 3 is 3.06 bits per heavy atom. The fraction of sp³-hybridized carbons (Fsp3) is 0.636. The first kappa shape index (κ1) is 15.1. The number of hydrogen-bond acceptors (Lipinski definition) is 6. The van der Waals surface area contributed by atoms with Crippen molar-refractivity contribution < 1.29 is 13.7 Å². The molecule has 0 aliphatic carbocycles. The molecular weight excluding hydrogens is 272 g/mol. The van der Waals surface area contributed by atoms with Crippen molar-refractivity contribution in [2.45, 2.75) is 19.8 Å². The van der Waals surface area contributed by atoms with Crippen LogP contribution in [0.1, 0.15) is 19.0 Å². The number of ether oxygens (including phenoxy) is 1. The number of thiazole rings is 1. The van der Waals surface area contributed by atoms with Gasteiger partial charge in [-0.15, -0.1) is 11.3 Å². The summed E-state index contributed by atoms with van der Waals surface area (Å²) in [6.07, 6.45) is 2.75. The van der Waals surface area contributed by atoms with Crippen LogP contribution in [-0.4, -0.2) is 40.3 Å². The number of nitrogens with zero attached hydrogens (tertiary/aromatic N) is 1. The van der Waals surface area contributed by atoms with E-state index in [1.54, 1.807) is 13.2 Å². The van der Waals surface area contributed by atoms with Crippen molar-refractivity contribution in [1.82, 2.24) is 4.98 Å². The van der Waals surface area contributed by atoms with Gasteiger partial charge < -0.3 is 10.1 Å². The van der Waals surface area contributed by atoms with Crippen LogP contribution in [0, 0.1) is 0 Å². The average molecular weight is 290 g/mol. The monoisotopic (exact) mass is 290 g/mol. The Bertz CT molecular complexity index is 407. The lowest BCUT2D eigenvalue weighted by atomic mass is 10.3. The highest BCUT2D eigenvalue weighted by atomic mass is 32.2. The van der Waals surface area contributed by atoms with Crippen LogP contribution in [0.3, 0.4) is 0 Å².